The maximum Gasteiger partial charge on any atom is 0.196 e. The third-order valence-corrected chi connectivity index (χ3v) is 7.23. The van der Waals surface area contributed by atoms with E-state index < -0.39 is 0 Å². The maximum atomic E-state index is 6.05. The van der Waals surface area contributed by atoms with Gasteiger partial charge in [0.2, 0.25) is 0 Å². The zero-order chi connectivity index (χ0) is 22.9. The van der Waals surface area contributed by atoms with Gasteiger partial charge < -0.3 is 4.57 Å². The molecule has 0 fully saturated rings. The Morgan fingerprint density at radius 1 is 0.676 bits per heavy atom. The highest BCUT2D eigenvalue weighted by atomic mass is 35.5. The van der Waals surface area contributed by atoms with E-state index in [0.29, 0.717) is 6.54 Å². The molecule has 34 heavy (non-hydrogen) atoms. The van der Waals surface area contributed by atoms with Crippen LogP contribution in [-0.4, -0.2) is 19.3 Å². The SMILES string of the molecule is Clc1ccc(CSc2nnc(Cn3c4ccccc4c4ccccc43)n2-c2ccccc2)cc1. The first kappa shape index (κ1) is 21.0. The highest BCUT2D eigenvalue weighted by Crippen LogP contribution is 2.31. The van der Waals surface area contributed by atoms with E-state index in [4.69, 9.17) is 11.6 Å². The number of para-hydroxylation sites is 3. The highest BCUT2D eigenvalue weighted by Gasteiger charge is 2.18. The van der Waals surface area contributed by atoms with Crippen LogP contribution in [0.3, 0.4) is 0 Å². The minimum atomic E-state index is 0.622. The van der Waals surface area contributed by atoms with Gasteiger partial charge in [-0.3, -0.25) is 4.57 Å². The molecule has 6 aromatic rings. The molecule has 0 unspecified atom stereocenters. The van der Waals surface area contributed by atoms with E-state index in [1.165, 1.54) is 27.4 Å². The van der Waals surface area contributed by atoms with E-state index in [0.717, 1.165) is 27.4 Å². The first-order valence-electron chi connectivity index (χ1n) is 11.1. The summed E-state index contributed by atoms with van der Waals surface area (Å²) in [6.07, 6.45) is 0. The molecule has 0 N–H and O–H groups in total. The van der Waals surface area contributed by atoms with Crippen LogP contribution in [-0.2, 0) is 12.3 Å². The number of halogens is 1. The van der Waals surface area contributed by atoms with Crippen molar-refractivity contribution in [1.82, 2.24) is 19.3 Å². The lowest BCUT2D eigenvalue weighted by Crippen LogP contribution is -2.08. The van der Waals surface area contributed by atoms with Gasteiger partial charge in [-0.15, -0.1) is 10.2 Å². The fraction of sp³-hybridized carbons (Fsp3) is 0.0714. The number of aromatic nitrogens is 4. The van der Waals surface area contributed by atoms with Gasteiger partial charge in [-0.25, -0.2) is 0 Å². The fourth-order valence-corrected chi connectivity index (χ4v) is 5.43. The molecule has 0 saturated heterocycles. The molecule has 4 nitrogen and oxygen atoms in total. The van der Waals surface area contributed by atoms with Gasteiger partial charge in [-0.1, -0.05) is 90.1 Å². The van der Waals surface area contributed by atoms with Crippen LogP contribution in [0.4, 0.5) is 0 Å². The molecular formula is C28H21ClN4S. The van der Waals surface area contributed by atoms with E-state index in [1.807, 2.05) is 30.3 Å². The van der Waals surface area contributed by atoms with Crippen LogP contribution in [0.1, 0.15) is 11.4 Å². The highest BCUT2D eigenvalue weighted by molar-refractivity contribution is 7.98. The topological polar surface area (TPSA) is 35.6 Å². The Balaban J connectivity index is 1.43. The van der Waals surface area contributed by atoms with Crippen molar-refractivity contribution in [1.29, 1.82) is 0 Å². The smallest absolute Gasteiger partial charge is 0.196 e. The molecule has 6 heteroatoms. The minimum Gasteiger partial charge on any atom is -0.333 e. The lowest BCUT2D eigenvalue weighted by Gasteiger charge is -2.12. The molecule has 2 aromatic heterocycles. The average molecular weight is 481 g/mol. The van der Waals surface area contributed by atoms with Crippen LogP contribution < -0.4 is 0 Å². The Labute approximate surface area is 206 Å². The zero-order valence-corrected chi connectivity index (χ0v) is 19.9. The fourth-order valence-electron chi connectivity index (χ4n) is 4.38. The van der Waals surface area contributed by atoms with Crippen molar-refractivity contribution in [2.24, 2.45) is 0 Å². The Morgan fingerprint density at radius 3 is 1.97 bits per heavy atom. The molecule has 2 heterocycles. The van der Waals surface area contributed by atoms with E-state index >= 15 is 0 Å². The number of thioether (sulfide) groups is 1. The van der Waals surface area contributed by atoms with Gasteiger partial charge in [-0.2, -0.15) is 0 Å². The first-order valence-corrected chi connectivity index (χ1v) is 12.5. The third-order valence-electron chi connectivity index (χ3n) is 5.98. The Morgan fingerprint density at radius 2 is 1.29 bits per heavy atom. The lowest BCUT2D eigenvalue weighted by atomic mass is 10.2. The maximum absolute atomic E-state index is 6.05. The first-order chi connectivity index (χ1) is 16.8. The van der Waals surface area contributed by atoms with Gasteiger partial charge in [0, 0.05) is 38.3 Å². The molecule has 0 spiro atoms. The van der Waals surface area contributed by atoms with Gasteiger partial charge in [0.25, 0.3) is 0 Å². The van der Waals surface area contributed by atoms with Crippen molar-refractivity contribution in [2.45, 2.75) is 17.5 Å². The number of hydrogen-bond donors (Lipinski definition) is 0. The molecule has 0 aliphatic carbocycles. The summed E-state index contributed by atoms with van der Waals surface area (Å²) in [4.78, 5) is 0. The Bertz CT molecular complexity index is 1530. The van der Waals surface area contributed by atoms with Crippen LogP contribution in [0, 0.1) is 0 Å². The van der Waals surface area contributed by atoms with Crippen molar-refractivity contribution in [2.75, 3.05) is 0 Å². The van der Waals surface area contributed by atoms with Crippen LogP contribution in [0.15, 0.2) is 108 Å². The molecule has 0 amide bonds. The molecule has 0 aliphatic heterocycles. The van der Waals surface area contributed by atoms with Gasteiger partial charge in [0.1, 0.15) is 0 Å². The summed E-state index contributed by atoms with van der Waals surface area (Å²) in [5.41, 5.74) is 4.64. The second kappa shape index (κ2) is 9.01. The van der Waals surface area contributed by atoms with Gasteiger partial charge >= 0.3 is 0 Å². The summed E-state index contributed by atoms with van der Waals surface area (Å²) in [7, 11) is 0. The monoisotopic (exact) mass is 480 g/mol. The Kier molecular flexibility index (Phi) is 5.57. The predicted molar refractivity (Wildman–Crippen MR) is 141 cm³/mol. The number of nitrogens with zero attached hydrogens (tertiary/aromatic N) is 4. The number of fused-ring (bicyclic) bond motifs is 3. The van der Waals surface area contributed by atoms with Crippen LogP contribution in [0.25, 0.3) is 27.5 Å². The average Bonchev–Trinajstić information content (AvgIpc) is 3.44. The molecule has 0 bridgehead atoms. The predicted octanol–water partition coefficient (Wildman–Crippen LogP) is 7.37. The molecular weight excluding hydrogens is 460 g/mol. The van der Waals surface area contributed by atoms with E-state index in [1.54, 1.807) is 11.8 Å². The lowest BCUT2D eigenvalue weighted by molar-refractivity contribution is 0.754. The second-order valence-electron chi connectivity index (χ2n) is 8.11. The molecule has 0 radical (unpaired) electrons. The van der Waals surface area contributed by atoms with E-state index in [-0.39, 0.29) is 0 Å². The third kappa shape index (κ3) is 3.87. The molecule has 0 saturated carbocycles. The summed E-state index contributed by atoms with van der Waals surface area (Å²) >= 11 is 7.73. The van der Waals surface area contributed by atoms with E-state index in [2.05, 4.69) is 92.1 Å². The van der Waals surface area contributed by atoms with Crippen molar-refractivity contribution < 1.29 is 0 Å². The van der Waals surface area contributed by atoms with Crippen molar-refractivity contribution >= 4 is 45.2 Å². The number of benzene rings is 4. The van der Waals surface area contributed by atoms with Gasteiger partial charge in [0.05, 0.1) is 6.54 Å². The van der Waals surface area contributed by atoms with E-state index in [9.17, 15) is 0 Å². The zero-order valence-electron chi connectivity index (χ0n) is 18.3. The summed E-state index contributed by atoms with van der Waals surface area (Å²) < 4.78 is 4.51. The summed E-state index contributed by atoms with van der Waals surface area (Å²) in [5.74, 6) is 1.69. The number of hydrogen-bond acceptors (Lipinski definition) is 3. The van der Waals surface area contributed by atoms with Crippen molar-refractivity contribution in [3.05, 3.63) is 120 Å². The molecule has 6 rings (SSSR count). The van der Waals surface area contributed by atoms with Gasteiger partial charge in [0.15, 0.2) is 11.0 Å². The van der Waals surface area contributed by atoms with Crippen LogP contribution >= 0.6 is 23.4 Å². The summed E-state index contributed by atoms with van der Waals surface area (Å²) in [6, 6.07) is 35.4. The normalized spacial score (nSPS) is 11.4. The second-order valence-corrected chi connectivity index (χ2v) is 9.48. The molecule has 0 atom stereocenters. The van der Waals surface area contributed by atoms with Crippen LogP contribution in [0.5, 0.6) is 0 Å². The number of rotatable bonds is 6. The summed E-state index contributed by atoms with van der Waals surface area (Å²) in [6.45, 7) is 0.622. The molecule has 166 valence electrons. The van der Waals surface area contributed by atoms with Crippen molar-refractivity contribution in [3.63, 3.8) is 0 Å². The molecule has 4 aromatic carbocycles. The van der Waals surface area contributed by atoms with Crippen LogP contribution in [0.2, 0.25) is 5.02 Å². The van der Waals surface area contributed by atoms with Gasteiger partial charge in [-0.05, 0) is 42.0 Å². The quantitative estimate of drug-likeness (QED) is 0.233. The summed E-state index contributed by atoms with van der Waals surface area (Å²) in [5, 5.41) is 13.4. The Hall–Kier alpha value is -3.54. The molecule has 0 aliphatic rings. The van der Waals surface area contributed by atoms with Crippen molar-refractivity contribution in [3.8, 4) is 5.69 Å². The standard InChI is InChI=1S/C28H21ClN4S/c29-21-16-14-20(15-17-21)19-34-28-31-30-27(33(28)22-8-2-1-3-9-22)18-32-25-12-6-4-10-23(25)24-11-5-7-13-26(24)32/h1-17H,18-19H2. The minimum absolute atomic E-state index is 0.622. The largest absolute Gasteiger partial charge is 0.333 e.